The van der Waals surface area contributed by atoms with E-state index in [2.05, 4.69) is 15.4 Å². The summed E-state index contributed by atoms with van der Waals surface area (Å²) < 4.78 is 12.9. The minimum Gasteiger partial charge on any atom is -0.490 e. The van der Waals surface area contributed by atoms with Crippen LogP contribution in [-0.2, 0) is 6.42 Å². The molecule has 1 amide bonds. The van der Waals surface area contributed by atoms with Crippen molar-refractivity contribution in [2.24, 2.45) is 0 Å². The zero-order valence-corrected chi connectivity index (χ0v) is 15.0. The van der Waals surface area contributed by atoms with E-state index in [0.29, 0.717) is 43.2 Å². The van der Waals surface area contributed by atoms with Gasteiger partial charge in [-0.05, 0) is 32.0 Å². The average molecular weight is 360 g/mol. The van der Waals surface area contributed by atoms with E-state index in [9.17, 15) is 4.79 Å². The number of thiazole rings is 1. The van der Waals surface area contributed by atoms with Gasteiger partial charge < -0.3 is 14.8 Å². The molecule has 0 unspecified atom stereocenters. The van der Waals surface area contributed by atoms with Gasteiger partial charge in [-0.25, -0.2) is 9.50 Å². The highest BCUT2D eigenvalue weighted by Gasteiger charge is 2.12. The molecule has 1 N–H and O–H groups in total. The number of benzene rings is 1. The van der Waals surface area contributed by atoms with Gasteiger partial charge in [0.05, 0.1) is 18.9 Å². The molecule has 0 radical (unpaired) electrons. The predicted octanol–water partition coefficient (Wildman–Crippen LogP) is 2.56. The third-order valence-electron chi connectivity index (χ3n) is 3.56. The Morgan fingerprint density at radius 2 is 2.04 bits per heavy atom. The van der Waals surface area contributed by atoms with E-state index in [1.165, 1.54) is 17.7 Å². The van der Waals surface area contributed by atoms with Crippen LogP contribution in [0.1, 0.15) is 29.9 Å². The topological polar surface area (TPSA) is 77.8 Å². The molecule has 8 heteroatoms. The normalized spacial score (nSPS) is 10.8. The summed E-state index contributed by atoms with van der Waals surface area (Å²) in [4.78, 5) is 17.4. The number of nitrogens with zero attached hydrogens (tertiary/aromatic N) is 3. The molecule has 132 valence electrons. The summed E-state index contributed by atoms with van der Waals surface area (Å²) >= 11 is 1.54. The monoisotopic (exact) mass is 360 g/mol. The molecule has 7 nitrogen and oxygen atoms in total. The second-order valence-corrected chi connectivity index (χ2v) is 6.05. The second kappa shape index (κ2) is 7.98. The SMILES string of the molecule is CCOc1ccc(C(=O)NCCc2csc3ncnn23)cc1OCC. The molecule has 0 bridgehead atoms. The maximum Gasteiger partial charge on any atom is 0.251 e. The van der Waals surface area contributed by atoms with Gasteiger partial charge in [0, 0.05) is 23.9 Å². The van der Waals surface area contributed by atoms with Gasteiger partial charge in [0.1, 0.15) is 6.33 Å². The second-order valence-electron chi connectivity index (χ2n) is 5.21. The van der Waals surface area contributed by atoms with Crippen molar-refractivity contribution in [1.29, 1.82) is 0 Å². The summed E-state index contributed by atoms with van der Waals surface area (Å²) in [5.41, 5.74) is 1.57. The molecule has 0 aliphatic carbocycles. The number of fused-ring (bicyclic) bond motifs is 1. The van der Waals surface area contributed by atoms with Crippen molar-refractivity contribution in [1.82, 2.24) is 19.9 Å². The molecule has 0 atom stereocenters. The van der Waals surface area contributed by atoms with Gasteiger partial charge in [0.2, 0.25) is 4.96 Å². The standard InChI is InChI=1S/C17H20N4O3S/c1-3-23-14-6-5-12(9-15(14)24-4-2)16(22)18-8-7-13-10-25-17-19-11-20-21(13)17/h5-6,9-11H,3-4,7-8H2,1-2H3,(H,18,22). The summed E-state index contributed by atoms with van der Waals surface area (Å²) in [7, 11) is 0. The fraction of sp³-hybridized carbons (Fsp3) is 0.353. The van der Waals surface area contributed by atoms with Gasteiger partial charge in [0.15, 0.2) is 11.5 Å². The molecule has 2 aromatic heterocycles. The minimum atomic E-state index is -0.144. The van der Waals surface area contributed by atoms with E-state index in [1.54, 1.807) is 22.7 Å². The minimum absolute atomic E-state index is 0.144. The first-order chi connectivity index (χ1) is 12.2. The Morgan fingerprint density at radius 1 is 1.24 bits per heavy atom. The van der Waals surface area contributed by atoms with Crippen molar-refractivity contribution in [3.63, 3.8) is 0 Å². The van der Waals surface area contributed by atoms with Gasteiger partial charge in [-0.15, -0.1) is 11.3 Å². The van der Waals surface area contributed by atoms with Gasteiger partial charge in [-0.2, -0.15) is 5.10 Å². The Kier molecular flexibility index (Phi) is 5.49. The van der Waals surface area contributed by atoms with Crippen LogP contribution in [0.5, 0.6) is 11.5 Å². The zero-order chi connectivity index (χ0) is 17.6. The molecule has 0 saturated heterocycles. The molecular weight excluding hydrogens is 340 g/mol. The van der Waals surface area contributed by atoms with Crippen LogP contribution in [0.25, 0.3) is 4.96 Å². The van der Waals surface area contributed by atoms with Crippen LogP contribution < -0.4 is 14.8 Å². The smallest absolute Gasteiger partial charge is 0.251 e. The fourth-order valence-electron chi connectivity index (χ4n) is 2.44. The quantitative estimate of drug-likeness (QED) is 0.668. The number of ether oxygens (including phenoxy) is 2. The molecule has 0 spiro atoms. The zero-order valence-electron chi connectivity index (χ0n) is 14.2. The number of nitrogens with one attached hydrogen (secondary N) is 1. The van der Waals surface area contributed by atoms with E-state index in [1.807, 2.05) is 19.2 Å². The first-order valence-corrected chi connectivity index (χ1v) is 9.04. The van der Waals surface area contributed by atoms with Crippen molar-refractivity contribution in [2.75, 3.05) is 19.8 Å². The molecule has 0 saturated carbocycles. The number of rotatable bonds is 8. The van der Waals surface area contributed by atoms with Crippen LogP contribution in [0.4, 0.5) is 0 Å². The Morgan fingerprint density at radius 3 is 2.84 bits per heavy atom. The summed E-state index contributed by atoms with van der Waals surface area (Å²) in [6, 6.07) is 5.22. The maximum atomic E-state index is 12.4. The molecule has 0 fully saturated rings. The van der Waals surface area contributed by atoms with E-state index in [-0.39, 0.29) is 5.91 Å². The fourth-order valence-corrected chi connectivity index (χ4v) is 3.27. The predicted molar refractivity (Wildman–Crippen MR) is 95.7 cm³/mol. The van der Waals surface area contributed by atoms with E-state index < -0.39 is 0 Å². The van der Waals surface area contributed by atoms with Gasteiger partial charge >= 0.3 is 0 Å². The van der Waals surface area contributed by atoms with Gasteiger partial charge in [-0.3, -0.25) is 4.79 Å². The van der Waals surface area contributed by atoms with Gasteiger partial charge in [-0.1, -0.05) is 0 Å². The average Bonchev–Trinajstić information content (AvgIpc) is 3.21. The van der Waals surface area contributed by atoms with Crippen molar-refractivity contribution in [3.05, 3.63) is 41.2 Å². The third kappa shape index (κ3) is 3.90. The maximum absolute atomic E-state index is 12.4. The van der Waals surface area contributed by atoms with Crippen molar-refractivity contribution >= 4 is 22.2 Å². The molecule has 3 rings (SSSR count). The van der Waals surface area contributed by atoms with Crippen LogP contribution in [0.15, 0.2) is 29.9 Å². The van der Waals surface area contributed by atoms with Crippen LogP contribution >= 0.6 is 11.3 Å². The summed E-state index contributed by atoms with van der Waals surface area (Å²) in [6.07, 6.45) is 2.22. The summed E-state index contributed by atoms with van der Waals surface area (Å²) in [6.45, 7) is 5.38. The number of aromatic nitrogens is 3. The Bertz CT molecular complexity index is 859. The Balaban J connectivity index is 1.62. The summed E-state index contributed by atoms with van der Waals surface area (Å²) in [5.74, 6) is 1.08. The summed E-state index contributed by atoms with van der Waals surface area (Å²) in [5, 5.41) is 9.09. The highest BCUT2D eigenvalue weighted by atomic mass is 32.1. The van der Waals surface area contributed by atoms with Crippen LogP contribution in [0.3, 0.4) is 0 Å². The molecule has 0 aliphatic heterocycles. The largest absolute Gasteiger partial charge is 0.490 e. The number of carbonyl (C=O) groups excluding carboxylic acids is 1. The number of amides is 1. The number of hydrogen-bond acceptors (Lipinski definition) is 6. The van der Waals surface area contributed by atoms with Gasteiger partial charge in [0.25, 0.3) is 5.91 Å². The van der Waals surface area contributed by atoms with Crippen molar-refractivity contribution < 1.29 is 14.3 Å². The van der Waals surface area contributed by atoms with E-state index >= 15 is 0 Å². The number of carbonyl (C=O) groups is 1. The molecule has 2 heterocycles. The van der Waals surface area contributed by atoms with Crippen molar-refractivity contribution in [3.8, 4) is 11.5 Å². The van der Waals surface area contributed by atoms with Crippen LogP contribution in [-0.4, -0.2) is 40.3 Å². The molecule has 0 aliphatic rings. The first kappa shape index (κ1) is 17.2. The first-order valence-electron chi connectivity index (χ1n) is 8.16. The highest BCUT2D eigenvalue weighted by molar-refractivity contribution is 7.15. The van der Waals surface area contributed by atoms with Crippen LogP contribution in [0, 0.1) is 0 Å². The lowest BCUT2D eigenvalue weighted by molar-refractivity contribution is 0.0953. The lowest BCUT2D eigenvalue weighted by Gasteiger charge is -2.12. The van der Waals surface area contributed by atoms with Crippen molar-refractivity contribution in [2.45, 2.75) is 20.3 Å². The van der Waals surface area contributed by atoms with Crippen LogP contribution in [0.2, 0.25) is 0 Å². The molecule has 3 aromatic rings. The molecule has 1 aromatic carbocycles. The van der Waals surface area contributed by atoms with E-state index in [0.717, 1.165) is 10.7 Å². The lowest BCUT2D eigenvalue weighted by Crippen LogP contribution is -2.26. The third-order valence-corrected chi connectivity index (χ3v) is 4.44. The Labute approximate surface area is 149 Å². The molecule has 25 heavy (non-hydrogen) atoms. The highest BCUT2D eigenvalue weighted by Crippen LogP contribution is 2.28. The number of hydrogen-bond donors (Lipinski definition) is 1. The van der Waals surface area contributed by atoms with E-state index in [4.69, 9.17) is 9.47 Å². The molecular formula is C17H20N4O3S. The lowest BCUT2D eigenvalue weighted by atomic mass is 10.2. The Hall–Kier alpha value is -2.61.